The third-order valence-corrected chi connectivity index (χ3v) is 5.63. The predicted octanol–water partition coefficient (Wildman–Crippen LogP) is 0.900. The largest absolute Gasteiger partial charge is 0.547 e. The summed E-state index contributed by atoms with van der Waals surface area (Å²) in [4.78, 5) is 12.7. The van der Waals surface area contributed by atoms with E-state index >= 15 is 0 Å². The maximum atomic E-state index is 12.7. The predicted molar refractivity (Wildman–Crippen MR) is 100 cm³/mol. The van der Waals surface area contributed by atoms with Gasteiger partial charge in [0.25, 0.3) is 0 Å². The van der Waals surface area contributed by atoms with Gasteiger partial charge in [-0.25, -0.2) is 0 Å². The minimum atomic E-state index is -1.44. The number of aryl methyl sites for hydroxylation is 1. The minimum Gasteiger partial charge on any atom is -0.547 e. The van der Waals surface area contributed by atoms with Gasteiger partial charge in [0.2, 0.25) is 11.4 Å². The highest BCUT2D eigenvalue weighted by molar-refractivity contribution is 5.88. The molecular formula is C21H22N4O2. The van der Waals surface area contributed by atoms with Crippen LogP contribution in [0.1, 0.15) is 17.0 Å². The van der Waals surface area contributed by atoms with E-state index in [0.29, 0.717) is 11.3 Å². The first-order chi connectivity index (χ1) is 12.9. The molecular weight excluding hydrogens is 340 g/mol. The van der Waals surface area contributed by atoms with Crippen molar-refractivity contribution < 1.29 is 14.6 Å². The number of anilines is 1. The number of aliphatic carboxylic acids is 1. The Morgan fingerprint density at radius 3 is 2.30 bits per heavy atom. The number of para-hydroxylation sites is 2. The Hall–Kier alpha value is -3.12. The van der Waals surface area contributed by atoms with Gasteiger partial charge in [0.05, 0.1) is 24.4 Å². The van der Waals surface area contributed by atoms with Gasteiger partial charge in [-0.3, -0.25) is 0 Å². The summed E-state index contributed by atoms with van der Waals surface area (Å²) in [5.74, 6) is -1.16. The number of carboxylic acids is 1. The number of hydrazine groups is 1. The fourth-order valence-corrected chi connectivity index (χ4v) is 4.08. The number of rotatable bonds is 3. The Labute approximate surface area is 158 Å². The van der Waals surface area contributed by atoms with Gasteiger partial charge in [-0.05, 0) is 13.0 Å². The lowest BCUT2D eigenvalue weighted by Crippen LogP contribution is -2.62. The van der Waals surface area contributed by atoms with Crippen molar-refractivity contribution in [3.8, 4) is 5.69 Å². The molecule has 1 aliphatic rings. The van der Waals surface area contributed by atoms with E-state index in [0.717, 1.165) is 17.1 Å². The first-order valence-corrected chi connectivity index (χ1v) is 8.83. The van der Waals surface area contributed by atoms with Crippen LogP contribution in [-0.4, -0.2) is 29.8 Å². The Morgan fingerprint density at radius 2 is 1.63 bits per heavy atom. The van der Waals surface area contributed by atoms with E-state index in [1.807, 2.05) is 96.1 Å². The zero-order valence-electron chi connectivity index (χ0n) is 15.9. The van der Waals surface area contributed by atoms with Crippen LogP contribution in [0.15, 0.2) is 60.7 Å². The number of carbonyl (C=O) groups excluding carboxylic acids is 1. The fraction of sp³-hybridized carbons (Fsp3) is 0.238. The standard InChI is InChI=1S/C21H22N4O2/c1-15-14-19(25(22(15)2)16-10-6-5-7-11-16)21(20(26)27)17-12-8-9-13-18(17)23(3)24(21)4/h5-14H,1-4H3. The smallest absolute Gasteiger partial charge is 0.247 e. The van der Waals surface area contributed by atoms with Gasteiger partial charge in [-0.2, -0.15) is 9.69 Å². The molecule has 0 saturated heterocycles. The summed E-state index contributed by atoms with van der Waals surface area (Å²) < 4.78 is 3.90. The lowest BCUT2D eigenvalue weighted by Gasteiger charge is -2.36. The molecule has 2 aromatic carbocycles. The van der Waals surface area contributed by atoms with Crippen molar-refractivity contribution in [1.29, 1.82) is 0 Å². The lowest BCUT2D eigenvalue weighted by molar-refractivity contribution is -0.693. The summed E-state index contributed by atoms with van der Waals surface area (Å²) in [6.07, 6.45) is 0. The maximum Gasteiger partial charge on any atom is 0.247 e. The Bertz CT molecular complexity index is 1030. The molecule has 0 saturated carbocycles. The molecule has 0 aliphatic carbocycles. The topological polar surface area (TPSA) is 55.4 Å². The van der Waals surface area contributed by atoms with Crippen LogP contribution >= 0.6 is 0 Å². The van der Waals surface area contributed by atoms with E-state index in [1.54, 1.807) is 12.1 Å². The zero-order chi connectivity index (χ0) is 19.3. The Morgan fingerprint density at radius 1 is 1.00 bits per heavy atom. The number of nitrogens with zero attached hydrogens (tertiary/aromatic N) is 4. The molecule has 1 aliphatic heterocycles. The van der Waals surface area contributed by atoms with E-state index in [9.17, 15) is 9.90 Å². The third-order valence-electron chi connectivity index (χ3n) is 5.63. The highest BCUT2D eigenvalue weighted by Crippen LogP contribution is 2.46. The summed E-state index contributed by atoms with van der Waals surface area (Å²) in [6.45, 7) is 1.97. The second-order valence-electron chi connectivity index (χ2n) is 6.90. The molecule has 6 heteroatoms. The Kier molecular flexibility index (Phi) is 3.82. The van der Waals surface area contributed by atoms with Crippen LogP contribution in [0.3, 0.4) is 0 Å². The van der Waals surface area contributed by atoms with Gasteiger partial charge in [0, 0.05) is 37.9 Å². The number of hydrogen-bond acceptors (Lipinski definition) is 4. The molecule has 0 bridgehead atoms. The minimum absolute atomic E-state index is 0.632. The van der Waals surface area contributed by atoms with E-state index in [-0.39, 0.29) is 0 Å². The first kappa shape index (κ1) is 17.3. The van der Waals surface area contributed by atoms with Gasteiger partial charge in [0.15, 0.2) is 5.54 Å². The first-order valence-electron chi connectivity index (χ1n) is 8.83. The molecule has 138 valence electrons. The molecule has 1 atom stereocenters. The van der Waals surface area contributed by atoms with E-state index in [1.165, 1.54) is 0 Å². The summed E-state index contributed by atoms with van der Waals surface area (Å²) in [7, 11) is 5.58. The van der Waals surface area contributed by atoms with E-state index in [4.69, 9.17) is 0 Å². The number of carbonyl (C=O) groups is 1. The van der Waals surface area contributed by atoms with Gasteiger partial charge >= 0.3 is 0 Å². The molecule has 2 heterocycles. The van der Waals surface area contributed by atoms with Crippen LogP contribution in [0.5, 0.6) is 0 Å². The average molecular weight is 362 g/mol. The molecule has 6 nitrogen and oxygen atoms in total. The van der Waals surface area contributed by atoms with Crippen molar-refractivity contribution in [1.82, 2.24) is 9.69 Å². The van der Waals surface area contributed by atoms with Gasteiger partial charge in [-0.15, -0.1) is 0 Å². The molecule has 0 N–H and O–H groups in total. The van der Waals surface area contributed by atoms with Crippen LogP contribution in [0.25, 0.3) is 5.69 Å². The second-order valence-corrected chi connectivity index (χ2v) is 6.90. The molecule has 0 radical (unpaired) electrons. The second kappa shape index (κ2) is 5.96. The summed E-state index contributed by atoms with van der Waals surface area (Å²) in [6, 6.07) is 19.3. The quantitative estimate of drug-likeness (QED) is 0.650. The molecule has 27 heavy (non-hydrogen) atoms. The van der Waals surface area contributed by atoms with Crippen molar-refractivity contribution in [2.45, 2.75) is 12.5 Å². The van der Waals surface area contributed by atoms with Crippen LogP contribution in [0.4, 0.5) is 5.69 Å². The number of hydrogen-bond donors (Lipinski definition) is 0. The molecule has 3 aromatic rings. The van der Waals surface area contributed by atoms with Gasteiger partial charge in [0.1, 0.15) is 0 Å². The van der Waals surface area contributed by atoms with Crippen LogP contribution in [0, 0.1) is 6.92 Å². The Balaban J connectivity index is 2.11. The van der Waals surface area contributed by atoms with Gasteiger partial charge < -0.3 is 14.9 Å². The molecule has 1 unspecified atom stereocenters. The van der Waals surface area contributed by atoms with E-state index in [2.05, 4.69) is 0 Å². The van der Waals surface area contributed by atoms with Crippen molar-refractivity contribution in [2.75, 3.05) is 19.1 Å². The SMILES string of the molecule is Cc1cc(C2(C(=O)[O-])c3ccccc3N(C)N2C)[n+](-c2ccccc2)n1C. The molecule has 4 rings (SSSR count). The molecule has 0 amide bonds. The third kappa shape index (κ3) is 2.16. The van der Waals surface area contributed by atoms with Crippen LogP contribution < -0.4 is 14.8 Å². The number of fused-ring (bicyclic) bond motifs is 1. The number of likely N-dealkylation sites (N-methyl/N-ethyl adjacent to an activating group) is 1. The maximum absolute atomic E-state index is 12.7. The zero-order valence-corrected chi connectivity index (χ0v) is 15.9. The highest BCUT2D eigenvalue weighted by Gasteiger charge is 2.56. The van der Waals surface area contributed by atoms with Crippen molar-refractivity contribution in [3.63, 3.8) is 0 Å². The van der Waals surface area contributed by atoms with Crippen molar-refractivity contribution in [2.24, 2.45) is 7.05 Å². The fourth-order valence-electron chi connectivity index (χ4n) is 4.08. The summed E-state index contributed by atoms with van der Waals surface area (Å²) in [5.41, 5.74) is 2.59. The molecule has 0 fully saturated rings. The summed E-state index contributed by atoms with van der Waals surface area (Å²) in [5, 5.41) is 16.3. The van der Waals surface area contributed by atoms with Crippen LogP contribution in [0.2, 0.25) is 0 Å². The normalized spacial score (nSPS) is 19.3. The monoisotopic (exact) mass is 362 g/mol. The lowest BCUT2D eigenvalue weighted by atomic mass is 9.86. The number of aromatic nitrogens is 2. The van der Waals surface area contributed by atoms with Gasteiger partial charge in [-0.1, -0.05) is 41.1 Å². The summed E-state index contributed by atoms with van der Waals surface area (Å²) >= 11 is 0. The van der Waals surface area contributed by atoms with E-state index < -0.39 is 11.5 Å². The average Bonchev–Trinajstić information content (AvgIpc) is 3.09. The number of carboxylic acid groups (broad SMARTS) is 1. The van der Waals surface area contributed by atoms with Crippen molar-refractivity contribution in [3.05, 3.63) is 77.6 Å². The van der Waals surface area contributed by atoms with Crippen molar-refractivity contribution >= 4 is 11.7 Å². The highest BCUT2D eigenvalue weighted by atomic mass is 16.4. The molecule has 1 aromatic heterocycles. The number of benzene rings is 2. The molecule has 0 spiro atoms. The van der Waals surface area contributed by atoms with Crippen LogP contribution in [-0.2, 0) is 17.4 Å².